The van der Waals surface area contributed by atoms with Crippen molar-refractivity contribution in [3.63, 3.8) is 0 Å². The number of carboxylic acids is 1. The summed E-state index contributed by atoms with van der Waals surface area (Å²) in [6.07, 6.45) is -1.29. The average Bonchev–Trinajstić information content (AvgIpc) is 3.13. The van der Waals surface area contributed by atoms with Gasteiger partial charge in [0.05, 0.1) is 17.6 Å². The minimum absolute atomic E-state index is 0.00123. The number of carboxylic acid groups (broad SMARTS) is 1. The maximum absolute atomic E-state index is 12.6. The molecule has 7 nitrogen and oxygen atoms in total. The number of esters is 1. The first kappa shape index (κ1) is 20.4. The Balaban J connectivity index is 1.89. The van der Waals surface area contributed by atoms with Gasteiger partial charge in [-0.3, -0.25) is 4.79 Å². The van der Waals surface area contributed by atoms with Crippen molar-refractivity contribution in [3.05, 3.63) is 47.2 Å². The fourth-order valence-corrected chi connectivity index (χ4v) is 3.20. The van der Waals surface area contributed by atoms with E-state index in [1.54, 1.807) is 27.7 Å². The number of hydrogen-bond acceptors (Lipinski definition) is 6. The van der Waals surface area contributed by atoms with Crippen molar-refractivity contribution < 1.29 is 33.6 Å². The highest BCUT2D eigenvalue weighted by atomic mass is 16.8. The van der Waals surface area contributed by atoms with Crippen LogP contribution in [0.5, 0.6) is 0 Å². The molecule has 2 heterocycles. The van der Waals surface area contributed by atoms with Gasteiger partial charge in [-0.25, -0.2) is 4.79 Å². The van der Waals surface area contributed by atoms with Gasteiger partial charge in [-0.05, 0) is 39.7 Å². The van der Waals surface area contributed by atoms with Crippen LogP contribution in [-0.4, -0.2) is 41.6 Å². The molecule has 1 N–H and O–H groups in total. The molecule has 0 spiro atoms. The summed E-state index contributed by atoms with van der Waals surface area (Å²) in [5.74, 6) is -2.03. The van der Waals surface area contributed by atoms with Crippen LogP contribution in [0.25, 0.3) is 0 Å². The Morgan fingerprint density at radius 2 is 1.96 bits per heavy atom. The molecule has 1 fully saturated rings. The molecule has 2 aliphatic heterocycles. The molecule has 1 saturated heterocycles. The van der Waals surface area contributed by atoms with E-state index in [-0.39, 0.29) is 25.2 Å². The van der Waals surface area contributed by atoms with Gasteiger partial charge in [0.1, 0.15) is 12.7 Å². The Labute approximate surface area is 164 Å². The van der Waals surface area contributed by atoms with Gasteiger partial charge in [-0.15, -0.1) is 0 Å². The molecule has 1 aromatic carbocycles. The topological polar surface area (TPSA) is 91.3 Å². The number of carbonyl (C=O) groups is 2. The summed E-state index contributed by atoms with van der Waals surface area (Å²) < 4.78 is 23.0. The zero-order valence-corrected chi connectivity index (χ0v) is 16.6. The summed E-state index contributed by atoms with van der Waals surface area (Å²) in [6, 6.07) is 9.51. The highest BCUT2D eigenvalue weighted by molar-refractivity contribution is 5.93. The predicted molar refractivity (Wildman–Crippen MR) is 99.1 cm³/mol. The van der Waals surface area contributed by atoms with Gasteiger partial charge in [0.2, 0.25) is 0 Å². The molecular weight excluding hydrogens is 364 g/mol. The summed E-state index contributed by atoms with van der Waals surface area (Å²) in [7, 11) is 0. The SMILES string of the molecule is CC1(C)OC[C@@H]([C@H]2OC(=O)C(CC(C)(C)C(=O)O)=C2OCc2ccccc2)O1. The third-order valence-electron chi connectivity index (χ3n) is 4.84. The predicted octanol–water partition coefficient (Wildman–Crippen LogP) is 3.04. The molecule has 0 bridgehead atoms. The number of carbonyl (C=O) groups excluding carboxylic acids is 1. The van der Waals surface area contributed by atoms with E-state index in [1.165, 1.54) is 0 Å². The number of cyclic esters (lactones) is 1. The quantitative estimate of drug-likeness (QED) is 0.716. The first-order chi connectivity index (χ1) is 13.1. The van der Waals surface area contributed by atoms with E-state index in [1.807, 2.05) is 30.3 Å². The molecule has 0 radical (unpaired) electrons. The monoisotopic (exact) mass is 390 g/mol. The van der Waals surface area contributed by atoms with Crippen molar-refractivity contribution in [2.75, 3.05) is 6.61 Å². The van der Waals surface area contributed by atoms with Gasteiger partial charge in [0.25, 0.3) is 0 Å². The van der Waals surface area contributed by atoms with Gasteiger partial charge in [-0.2, -0.15) is 0 Å². The van der Waals surface area contributed by atoms with Crippen LogP contribution in [0.3, 0.4) is 0 Å². The van der Waals surface area contributed by atoms with E-state index in [9.17, 15) is 14.7 Å². The minimum Gasteiger partial charge on any atom is -0.489 e. The Hall–Kier alpha value is -2.38. The lowest BCUT2D eigenvalue weighted by Gasteiger charge is -2.23. The van der Waals surface area contributed by atoms with Crippen molar-refractivity contribution >= 4 is 11.9 Å². The van der Waals surface area contributed by atoms with Gasteiger partial charge in [0.15, 0.2) is 17.7 Å². The second-order valence-electron chi connectivity index (χ2n) is 8.18. The van der Waals surface area contributed by atoms with E-state index in [4.69, 9.17) is 18.9 Å². The molecule has 2 atom stereocenters. The van der Waals surface area contributed by atoms with E-state index in [0.29, 0.717) is 5.76 Å². The van der Waals surface area contributed by atoms with Crippen molar-refractivity contribution in [1.29, 1.82) is 0 Å². The molecule has 1 aromatic rings. The van der Waals surface area contributed by atoms with Crippen LogP contribution in [0.4, 0.5) is 0 Å². The maximum atomic E-state index is 12.6. The second-order valence-corrected chi connectivity index (χ2v) is 8.18. The molecule has 0 aliphatic carbocycles. The molecule has 0 saturated carbocycles. The molecule has 3 rings (SSSR count). The highest BCUT2D eigenvalue weighted by Gasteiger charge is 2.48. The van der Waals surface area contributed by atoms with Crippen LogP contribution in [0, 0.1) is 5.41 Å². The molecule has 28 heavy (non-hydrogen) atoms. The summed E-state index contributed by atoms with van der Waals surface area (Å²) in [6.45, 7) is 7.18. The lowest BCUT2D eigenvalue weighted by Crippen LogP contribution is -2.33. The molecule has 2 aliphatic rings. The number of ether oxygens (including phenoxy) is 4. The zero-order chi connectivity index (χ0) is 20.5. The van der Waals surface area contributed by atoms with Crippen molar-refractivity contribution in [2.24, 2.45) is 5.41 Å². The molecule has 0 aromatic heterocycles. The zero-order valence-electron chi connectivity index (χ0n) is 16.6. The fourth-order valence-electron chi connectivity index (χ4n) is 3.20. The third-order valence-corrected chi connectivity index (χ3v) is 4.84. The minimum atomic E-state index is -1.14. The number of hydrogen-bond donors (Lipinski definition) is 1. The number of aliphatic carboxylic acids is 1. The first-order valence-electron chi connectivity index (χ1n) is 9.25. The van der Waals surface area contributed by atoms with Crippen LogP contribution < -0.4 is 0 Å². The molecule has 0 amide bonds. The van der Waals surface area contributed by atoms with Gasteiger partial charge < -0.3 is 24.1 Å². The standard InChI is InChI=1S/C21H26O7/c1-20(2,19(23)24)10-14-16(25-11-13-8-6-5-7-9-13)17(27-18(14)22)15-12-26-21(3,4)28-15/h5-9,15,17H,10-12H2,1-4H3,(H,23,24)/t15-,17+/m0/s1. The average molecular weight is 390 g/mol. The van der Waals surface area contributed by atoms with Crippen LogP contribution in [0.1, 0.15) is 39.7 Å². The normalized spacial score (nSPS) is 24.4. The van der Waals surface area contributed by atoms with Crippen molar-refractivity contribution in [2.45, 2.75) is 58.7 Å². The lowest BCUT2D eigenvalue weighted by molar-refractivity contribution is -0.163. The van der Waals surface area contributed by atoms with Crippen LogP contribution in [0.2, 0.25) is 0 Å². The van der Waals surface area contributed by atoms with Gasteiger partial charge >= 0.3 is 11.9 Å². The van der Waals surface area contributed by atoms with Gasteiger partial charge in [-0.1, -0.05) is 30.3 Å². The number of benzene rings is 1. The Bertz CT molecular complexity index is 779. The smallest absolute Gasteiger partial charge is 0.338 e. The van der Waals surface area contributed by atoms with E-state index in [0.717, 1.165) is 5.56 Å². The molecule has 7 heteroatoms. The summed E-state index contributed by atoms with van der Waals surface area (Å²) in [5, 5.41) is 9.47. The Morgan fingerprint density at radius 1 is 1.29 bits per heavy atom. The summed E-state index contributed by atoms with van der Waals surface area (Å²) >= 11 is 0. The molecule has 152 valence electrons. The van der Waals surface area contributed by atoms with Gasteiger partial charge in [0, 0.05) is 0 Å². The summed E-state index contributed by atoms with van der Waals surface area (Å²) in [4.78, 5) is 24.1. The second kappa shape index (κ2) is 7.56. The third kappa shape index (κ3) is 4.36. The van der Waals surface area contributed by atoms with Crippen molar-refractivity contribution in [3.8, 4) is 0 Å². The van der Waals surface area contributed by atoms with E-state index >= 15 is 0 Å². The lowest BCUT2D eigenvalue weighted by atomic mass is 9.85. The summed E-state index contributed by atoms with van der Waals surface area (Å²) in [5.41, 5.74) is 0.0205. The largest absolute Gasteiger partial charge is 0.489 e. The van der Waals surface area contributed by atoms with Crippen molar-refractivity contribution in [1.82, 2.24) is 0 Å². The highest BCUT2D eigenvalue weighted by Crippen LogP contribution is 2.38. The molecule has 0 unspecified atom stereocenters. The van der Waals surface area contributed by atoms with Crippen LogP contribution in [0.15, 0.2) is 41.7 Å². The molecular formula is C21H26O7. The van der Waals surface area contributed by atoms with E-state index < -0.39 is 35.3 Å². The number of rotatable bonds is 7. The Morgan fingerprint density at radius 3 is 2.54 bits per heavy atom. The van der Waals surface area contributed by atoms with Crippen LogP contribution >= 0.6 is 0 Å². The Kier molecular flexibility index (Phi) is 5.50. The van der Waals surface area contributed by atoms with Crippen LogP contribution in [-0.2, 0) is 35.1 Å². The fraction of sp³-hybridized carbons (Fsp3) is 0.524. The van der Waals surface area contributed by atoms with E-state index in [2.05, 4.69) is 0 Å². The maximum Gasteiger partial charge on any atom is 0.338 e. The first-order valence-corrected chi connectivity index (χ1v) is 9.25.